The van der Waals surface area contributed by atoms with E-state index in [0.29, 0.717) is 36.2 Å². The maximum atomic E-state index is 12.6. The SMILES string of the molecule is C=C(C)CNC(=NCC(=O)N(C)C)NCC1CCN(S(=O)(=O)C(F)(F)F)CC1.I. The van der Waals surface area contributed by atoms with E-state index in [1.54, 1.807) is 14.1 Å². The number of halogens is 4. The zero-order chi connectivity index (χ0) is 21.5. The van der Waals surface area contributed by atoms with Gasteiger partial charge in [0.25, 0.3) is 0 Å². The molecule has 0 aromatic heterocycles. The van der Waals surface area contributed by atoms with Gasteiger partial charge in [0.15, 0.2) is 5.96 Å². The second-order valence-corrected chi connectivity index (χ2v) is 8.87. The molecule has 170 valence electrons. The van der Waals surface area contributed by atoms with Crippen LogP contribution in [0.4, 0.5) is 13.2 Å². The minimum absolute atomic E-state index is 0. The standard InChI is InChI=1S/C16H28F3N5O3S.HI/c1-12(2)9-20-15(22-11-14(25)23(3)4)21-10-13-5-7-24(8-6-13)28(26,27)16(17,18)19;/h13H,1,5-11H2,2-4H3,(H2,20,21,22);1H. The number of likely N-dealkylation sites (N-methyl/N-ethyl adjacent to an activating group) is 1. The molecule has 8 nitrogen and oxygen atoms in total. The number of carbonyl (C=O) groups is 1. The van der Waals surface area contributed by atoms with E-state index in [0.717, 1.165) is 5.57 Å². The van der Waals surface area contributed by atoms with Crippen LogP contribution >= 0.6 is 24.0 Å². The van der Waals surface area contributed by atoms with Crippen LogP contribution in [0.25, 0.3) is 0 Å². The molecule has 0 bridgehead atoms. The van der Waals surface area contributed by atoms with Gasteiger partial charge in [0, 0.05) is 40.3 Å². The van der Waals surface area contributed by atoms with Gasteiger partial charge in [-0.1, -0.05) is 12.2 Å². The lowest BCUT2D eigenvalue weighted by Gasteiger charge is -2.31. The number of hydrogen-bond acceptors (Lipinski definition) is 4. The molecule has 2 N–H and O–H groups in total. The summed E-state index contributed by atoms with van der Waals surface area (Å²) < 4.78 is 61.2. The molecule has 1 amide bonds. The van der Waals surface area contributed by atoms with Crippen LogP contribution in [0.3, 0.4) is 0 Å². The number of piperidine rings is 1. The maximum Gasteiger partial charge on any atom is 0.511 e. The van der Waals surface area contributed by atoms with Gasteiger partial charge in [-0.05, 0) is 25.7 Å². The largest absolute Gasteiger partial charge is 0.511 e. The smallest absolute Gasteiger partial charge is 0.356 e. The number of hydrogen-bond donors (Lipinski definition) is 2. The second-order valence-electron chi connectivity index (χ2n) is 6.94. The molecule has 0 aromatic rings. The van der Waals surface area contributed by atoms with Crippen LogP contribution in [0.5, 0.6) is 0 Å². The highest BCUT2D eigenvalue weighted by molar-refractivity contribution is 14.0. The normalized spacial score (nSPS) is 16.7. The van der Waals surface area contributed by atoms with Gasteiger partial charge in [-0.25, -0.2) is 13.4 Å². The van der Waals surface area contributed by atoms with Gasteiger partial charge < -0.3 is 15.5 Å². The Balaban J connectivity index is 0.00000784. The van der Waals surface area contributed by atoms with E-state index >= 15 is 0 Å². The lowest BCUT2D eigenvalue weighted by molar-refractivity contribution is -0.127. The molecule has 1 fully saturated rings. The Morgan fingerprint density at radius 2 is 1.79 bits per heavy atom. The Morgan fingerprint density at radius 3 is 2.24 bits per heavy atom. The van der Waals surface area contributed by atoms with Crippen molar-refractivity contribution in [1.29, 1.82) is 0 Å². The van der Waals surface area contributed by atoms with Crippen molar-refractivity contribution in [2.45, 2.75) is 25.3 Å². The molecule has 0 saturated carbocycles. The molecule has 1 saturated heterocycles. The van der Waals surface area contributed by atoms with Gasteiger partial charge in [0.1, 0.15) is 6.54 Å². The summed E-state index contributed by atoms with van der Waals surface area (Å²) in [6, 6.07) is 0. The number of nitrogens with zero attached hydrogens (tertiary/aromatic N) is 3. The molecule has 29 heavy (non-hydrogen) atoms. The van der Waals surface area contributed by atoms with Crippen LogP contribution in [0.1, 0.15) is 19.8 Å². The summed E-state index contributed by atoms with van der Waals surface area (Å²) in [5.41, 5.74) is -4.41. The van der Waals surface area contributed by atoms with Crippen molar-refractivity contribution >= 4 is 45.9 Å². The number of nitrogens with one attached hydrogen (secondary N) is 2. The van der Waals surface area contributed by atoms with E-state index < -0.39 is 15.5 Å². The predicted octanol–water partition coefficient (Wildman–Crippen LogP) is 1.37. The molecule has 0 atom stereocenters. The number of sulfonamides is 1. The van der Waals surface area contributed by atoms with Crippen molar-refractivity contribution in [3.8, 4) is 0 Å². The summed E-state index contributed by atoms with van der Waals surface area (Å²) in [6.45, 7) is 6.03. The fraction of sp³-hybridized carbons (Fsp3) is 0.750. The molecule has 1 aliphatic heterocycles. The van der Waals surface area contributed by atoms with Crippen molar-refractivity contribution in [3.63, 3.8) is 0 Å². The Morgan fingerprint density at radius 1 is 1.24 bits per heavy atom. The van der Waals surface area contributed by atoms with E-state index in [1.165, 1.54) is 4.90 Å². The summed E-state index contributed by atoms with van der Waals surface area (Å²) >= 11 is 0. The third kappa shape index (κ3) is 9.07. The fourth-order valence-corrected chi connectivity index (χ4v) is 3.42. The zero-order valence-corrected chi connectivity index (χ0v) is 19.9. The Labute approximate surface area is 187 Å². The van der Waals surface area contributed by atoms with Crippen molar-refractivity contribution in [2.24, 2.45) is 10.9 Å². The molecular formula is C16H29F3IN5O3S. The van der Waals surface area contributed by atoms with Gasteiger partial charge in [0.05, 0.1) is 0 Å². The summed E-state index contributed by atoms with van der Waals surface area (Å²) in [4.78, 5) is 17.3. The predicted molar refractivity (Wildman–Crippen MR) is 117 cm³/mol. The summed E-state index contributed by atoms with van der Waals surface area (Å²) in [7, 11) is -2.03. The van der Waals surface area contributed by atoms with Crippen LogP contribution in [-0.2, 0) is 14.8 Å². The van der Waals surface area contributed by atoms with E-state index in [9.17, 15) is 26.4 Å². The summed E-state index contributed by atoms with van der Waals surface area (Å²) in [5.74, 6) is 0.201. The average molecular weight is 555 g/mol. The fourth-order valence-electron chi connectivity index (χ4n) is 2.44. The first-order valence-electron chi connectivity index (χ1n) is 8.77. The van der Waals surface area contributed by atoms with E-state index in [-0.39, 0.29) is 55.4 Å². The lowest BCUT2D eigenvalue weighted by Crippen LogP contribution is -2.47. The van der Waals surface area contributed by atoms with Crippen molar-refractivity contribution in [3.05, 3.63) is 12.2 Å². The van der Waals surface area contributed by atoms with E-state index in [2.05, 4.69) is 22.2 Å². The van der Waals surface area contributed by atoms with Crippen molar-refractivity contribution in [2.75, 3.05) is 46.8 Å². The first-order chi connectivity index (χ1) is 12.8. The molecule has 0 spiro atoms. The van der Waals surface area contributed by atoms with Crippen LogP contribution in [0, 0.1) is 5.92 Å². The molecule has 0 unspecified atom stereocenters. The topological polar surface area (TPSA) is 94.1 Å². The van der Waals surface area contributed by atoms with Crippen LogP contribution in [0.15, 0.2) is 17.1 Å². The maximum absolute atomic E-state index is 12.6. The number of aliphatic imine (C=N–C) groups is 1. The number of amides is 1. The molecule has 1 aliphatic rings. The zero-order valence-electron chi connectivity index (χ0n) is 16.8. The number of rotatable bonds is 7. The molecule has 1 rings (SSSR count). The summed E-state index contributed by atoms with van der Waals surface area (Å²) in [6.07, 6.45) is 0.597. The number of guanidine groups is 1. The van der Waals surface area contributed by atoms with Crippen LogP contribution < -0.4 is 10.6 Å². The van der Waals surface area contributed by atoms with Gasteiger partial charge in [-0.15, -0.1) is 24.0 Å². The summed E-state index contributed by atoms with van der Waals surface area (Å²) in [5, 5.41) is 6.08. The van der Waals surface area contributed by atoms with Crippen LogP contribution in [0.2, 0.25) is 0 Å². The molecule has 13 heteroatoms. The molecule has 0 aliphatic carbocycles. The lowest BCUT2D eigenvalue weighted by atomic mass is 9.98. The van der Waals surface area contributed by atoms with Crippen LogP contribution in [-0.4, -0.2) is 81.8 Å². The molecule has 0 radical (unpaired) electrons. The van der Waals surface area contributed by atoms with Gasteiger partial charge in [-0.3, -0.25) is 4.79 Å². The van der Waals surface area contributed by atoms with Crippen molar-refractivity contribution < 1.29 is 26.4 Å². The third-order valence-corrected chi connectivity index (χ3v) is 5.82. The molecule has 0 aromatic carbocycles. The second kappa shape index (κ2) is 11.9. The Bertz CT molecular complexity index is 690. The Hall–Kier alpha value is -1.09. The van der Waals surface area contributed by atoms with Crippen molar-refractivity contribution in [1.82, 2.24) is 19.8 Å². The Kier molecular flexibility index (Phi) is 11.5. The average Bonchev–Trinajstić information content (AvgIpc) is 2.59. The number of carbonyl (C=O) groups excluding carboxylic acids is 1. The van der Waals surface area contributed by atoms with Gasteiger partial charge in [0.2, 0.25) is 5.91 Å². The van der Waals surface area contributed by atoms with E-state index in [4.69, 9.17) is 0 Å². The molecule has 1 heterocycles. The third-order valence-electron chi connectivity index (χ3n) is 4.19. The minimum Gasteiger partial charge on any atom is -0.356 e. The minimum atomic E-state index is -5.27. The highest BCUT2D eigenvalue weighted by Crippen LogP contribution is 2.30. The monoisotopic (exact) mass is 555 g/mol. The van der Waals surface area contributed by atoms with Gasteiger partial charge >= 0.3 is 15.5 Å². The van der Waals surface area contributed by atoms with E-state index in [1.807, 2.05) is 6.92 Å². The highest BCUT2D eigenvalue weighted by atomic mass is 127. The van der Waals surface area contributed by atoms with Gasteiger partial charge in [-0.2, -0.15) is 17.5 Å². The first kappa shape index (κ1) is 27.9. The highest BCUT2D eigenvalue weighted by Gasteiger charge is 2.50. The quantitative estimate of drug-likeness (QED) is 0.214. The number of alkyl halides is 3. The molecular weight excluding hydrogens is 526 g/mol. The first-order valence-corrected chi connectivity index (χ1v) is 10.2.